The van der Waals surface area contributed by atoms with Gasteiger partial charge in [-0.1, -0.05) is 0 Å². The van der Waals surface area contributed by atoms with Crippen molar-refractivity contribution in [1.82, 2.24) is 29.8 Å². The van der Waals surface area contributed by atoms with Crippen LogP contribution in [0, 0.1) is 5.41 Å². The Morgan fingerprint density at radius 2 is 2.00 bits per heavy atom. The van der Waals surface area contributed by atoms with Gasteiger partial charge >= 0.3 is 6.18 Å². The summed E-state index contributed by atoms with van der Waals surface area (Å²) in [6.07, 6.45) is 1.98. The molecule has 1 atom stereocenters. The number of ether oxygens (including phenoxy) is 2. The standard InChI is InChI=1S/C30H36F3N7O3S/c1-28(2)17-20-19-39(28)26-22(27(41)38-44-21-5-8-24(35-18-21)42-15-4-3-13-34-20)6-7-23(36-26)40-14-9-25(37-40)43-16-12-29(10-11-29)30(31,32)33/h5-9,14,18,20,34H,3-4,10-13,15-17,19H2,1-2H3,(H,38,41). The van der Waals surface area contributed by atoms with Crippen molar-refractivity contribution in [3.05, 3.63) is 48.3 Å². The lowest BCUT2D eigenvalue weighted by molar-refractivity contribution is -0.190. The van der Waals surface area contributed by atoms with Crippen molar-refractivity contribution in [3.63, 3.8) is 0 Å². The number of halogens is 3. The molecule has 3 aliphatic heterocycles. The van der Waals surface area contributed by atoms with Crippen LogP contribution >= 0.6 is 11.9 Å². The van der Waals surface area contributed by atoms with Gasteiger partial charge in [0.1, 0.15) is 5.82 Å². The van der Waals surface area contributed by atoms with Gasteiger partial charge in [-0.3, -0.25) is 9.52 Å². The second-order valence-electron chi connectivity index (χ2n) is 12.2. The Morgan fingerprint density at radius 3 is 2.75 bits per heavy atom. The number of hydrogen-bond donors (Lipinski definition) is 2. The molecule has 0 spiro atoms. The molecule has 6 heterocycles. The minimum atomic E-state index is -4.22. The van der Waals surface area contributed by atoms with E-state index in [2.05, 4.69) is 38.9 Å². The highest BCUT2D eigenvalue weighted by atomic mass is 32.2. The van der Waals surface area contributed by atoms with Crippen molar-refractivity contribution >= 4 is 23.7 Å². The van der Waals surface area contributed by atoms with Crippen molar-refractivity contribution < 1.29 is 27.4 Å². The molecule has 10 nitrogen and oxygen atoms in total. The Morgan fingerprint density at radius 1 is 1.16 bits per heavy atom. The summed E-state index contributed by atoms with van der Waals surface area (Å²) in [7, 11) is 0. The van der Waals surface area contributed by atoms with Gasteiger partial charge in [0.05, 0.1) is 24.2 Å². The van der Waals surface area contributed by atoms with Crippen LogP contribution < -0.4 is 24.4 Å². The van der Waals surface area contributed by atoms with Crippen LogP contribution in [0.2, 0.25) is 0 Å². The van der Waals surface area contributed by atoms with Crippen LogP contribution in [0.1, 0.15) is 62.7 Å². The fourth-order valence-electron chi connectivity index (χ4n) is 5.78. The van der Waals surface area contributed by atoms with Gasteiger partial charge in [0.15, 0.2) is 5.82 Å². The summed E-state index contributed by atoms with van der Waals surface area (Å²) in [6.45, 7) is 6.27. The first-order chi connectivity index (χ1) is 21.0. The molecule has 2 N–H and O–H groups in total. The topological polar surface area (TPSA) is 106 Å². The molecule has 3 aromatic heterocycles. The van der Waals surface area contributed by atoms with Gasteiger partial charge in [-0.05, 0) is 89.1 Å². The molecule has 1 unspecified atom stereocenters. The average Bonchev–Trinajstić information content (AvgIpc) is 3.54. The molecule has 1 saturated carbocycles. The van der Waals surface area contributed by atoms with Crippen molar-refractivity contribution in [2.45, 2.75) is 75.0 Å². The van der Waals surface area contributed by atoms with E-state index in [1.807, 2.05) is 6.07 Å². The fourth-order valence-corrected chi connectivity index (χ4v) is 6.34. The van der Waals surface area contributed by atoms with E-state index < -0.39 is 11.6 Å². The second kappa shape index (κ2) is 12.1. The van der Waals surface area contributed by atoms with Crippen LogP contribution in [0.3, 0.4) is 0 Å². The second-order valence-corrected chi connectivity index (χ2v) is 13.1. The number of rotatable bonds is 5. The molecule has 0 radical (unpaired) electrons. The molecule has 0 aromatic carbocycles. The molecule has 236 valence electrons. The molecule has 4 aliphatic rings. The zero-order valence-corrected chi connectivity index (χ0v) is 25.5. The van der Waals surface area contributed by atoms with Crippen LogP contribution in [0.4, 0.5) is 19.0 Å². The van der Waals surface area contributed by atoms with E-state index >= 15 is 0 Å². The number of alkyl halides is 3. The van der Waals surface area contributed by atoms with Gasteiger partial charge in [0.2, 0.25) is 11.8 Å². The summed E-state index contributed by atoms with van der Waals surface area (Å²) in [5.74, 6) is 1.44. The van der Waals surface area contributed by atoms with Crippen LogP contribution in [-0.4, -0.2) is 69.7 Å². The molecule has 1 aliphatic carbocycles. The van der Waals surface area contributed by atoms with Crippen molar-refractivity contribution in [3.8, 4) is 17.6 Å². The van der Waals surface area contributed by atoms with E-state index in [9.17, 15) is 18.0 Å². The molecular weight excluding hydrogens is 595 g/mol. The largest absolute Gasteiger partial charge is 0.478 e. The zero-order chi connectivity index (χ0) is 31.0. The first-order valence-corrected chi connectivity index (χ1v) is 15.7. The maximum atomic E-state index is 13.5. The highest BCUT2D eigenvalue weighted by Crippen LogP contribution is 2.59. The Balaban J connectivity index is 1.24. The van der Waals surface area contributed by atoms with Crippen molar-refractivity contribution in [2.75, 3.05) is 31.2 Å². The molecule has 1 saturated heterocycles. The summed E-state index contributed by atoms with van der Waals surface area (Å²) in [4.78, 5) is 25.7. The summed E-state index contributed by atoms with van der Waals surface area (Å²) in [6, 6.07) is 8.85. The minimum Gasteiger partial charge on any atom is -0.478 e. The molecule has 44 heavy (non-hydrogen) atoms. The van der Waals surface area contributed by atoms with Crippen LogP contribution in [-0.2, 0) is 0 Å². The maximum Gasteiger partial charge on any atom is 0.394 e. The first kappa shape index (κ1) is 30.5. The number of carbonyl (C=O) groups is 1. The number of nitrogens with zero attached hydrogens (tertiary/aromatic N) is 5. The van der Waals surface area contributed by atoms with Gasteiger partial charge in [-0.25, -0.2) is 14.6 Å². The summed E-state index contributed by atoms with van der Waals surface area (Å²) in [5.41, 5.74) is -1.51. The highest BCUT2D eigenvalue weighted by Gasteiger charge is 2.62. The molecule has 3 aromatic rings. The van der Waals surface area contributed by atoms with E-state index in [0.29, 0.717) is 36.2 Å². The van der Waals surface area contributed by atoms with E-state index in [-0.39, 0.29) is 49.2 Å². The lowest BCUT2D eigenvalue weighted by Crippen LogP contribution is -2.40. The average molecular weight is 632 g/mol. The van der Waals surface area contributed by atoms with Gasteiger partial charge in [0.25, 0.3) is 5.91 Å². The fraction of sp³-hybridized carbons (Fsp3) is 0.533. The molecule has 2 fully saturated rings. The number of amides is 1. The van der Waals surface area contributed by atoms with Crippen molar-refractivity contribution in [1.29, 1.82) is 0 Å². The Hall–Kier alpha value is -3.52. The minimum absolute atomic E-state index is 0.0758. The molecule has 4 bridgehead atoms. The SMILES string of the molecule is CC1(C)CC2CN1c1nc(-n3ccc(OCCC4(C(F)(F)F)CC4)n3)ccc1C(=O)NSc1ccc(nc1)OCCCCN2. The third kappa shape index (κ3) is 6.60. The molecule has 7 rings (SSSR count). The number of fused-ring (bicyclic) bond motifs is 9. The molecular formula is C30H36F3N7O3S. The maximum absolute atomic E-state index is 13.5. The first-order valence-electron chi connectivity index (χ1n) is 14.9. The van der Waals surface area contributed by atoms with Crippen molar-refractivity contribution in [2.24, 2.45) is 5.41 Å². The zero-order valence-electron chi connectivity index (χ0n) is 24.7. The monoisotopic (exact) mass is 631 g/mol. The van der Waals surface area contributed by atoms with Gasteiger partial charge in [-0.2, -0.15) is 13.2 Å². The lowest BCUT2D eigenvalue weighted by atomic mass is 9.99. The normalized spacial score (nSPS) is 21.5. The quantitative estimate of drug-likeness (QED) is 0.362. The van der Waals surface area contributed by atoms with E-state index in [1.54, 1.807) is 36.7 Å². The predicted molar refractivity (Wildman–Crippen MR) is 159 cm³/mol. The Labute approximate surface area is 258 Å². The number of pyridine rings is 2. The van der Waals surface area contributed by atoms with E-state index in [1.165, 1.54) is 4.68 Å². The number of aromatic nitrogens is 4. The van der Waals surface area contributed by atoms with E-state index in [4.69, 9.17) is 14.5 Å². The molecule has 14 heteroatoms. The Kier molecular flexibility index (Phi) is 8.40. The third-order valence-corrected chi connectivity index (χ3v) is 9.31. The van der Waals surface area contributed by atoms with Crippen LogP contribution in [0.25, 0.3) is 5.82 Å². The third-order valence-electron chi connectivity index (χ3n) is 8.55. The van der Waals surface area contributed by atoms with Gasteiger partial charge in [0, 0.05) is 47.5 Å². The lowest BCUT2D eigenvalue weighted by Gasteiger charge is -2.33. The summed E-state index contributed by atoms with van der Waals surface area (Å²) < 4.78 is 55.6. The highest BCUT2D eigenvalue weighted by molar-refractivity contribution is 7.98. The predicted octanol–water partition coefficient (Wildman–Crippen LogP) is 5.33. The Bertz CT molecular complexity index is 1480. The van der Waals surface area contributed by atoms with Crippen LogP contribution in [0.15, 0.2) is 47.6 Å². The van der Waals surface area contributed by atoms with Gasteiger partial charge in [-0.15, -0.1) is 5.10 Å². The number of carbonyl (C=O) groups excluding carboxylic acids is 1. The summed E-state index contributed by atoms with van der Waals surface area (Å²) in [5, 5.41) is 8.06. The molecule has 1 amide bonds. The number of anilines is 1. The van der Waals surface area contributed by atoms with E-state index in [0.717, 1.165) is 42.7 Å². The number of nitrogens with one attached hydrogen (secondary N) is 2. The smallest absolute Gasteiger partial charge is 0.394 e. The van der Waals surface area contributed by atoms with Gasteiger partial charge < -0.3 is 19.7 Å². The van der Waals surface area contributed by atoms with Crippen LogP contribution in [0.5, 0.6) is 11.8 Å². The number of hydrogen-bond acceptors (Lipinski definition) is 9. The summed E-state index contributed by atoms with van der Waals surface area (Å²) >= 11 is 1.16.